The van der Waals surface area contributed by atoms with Crippen molar-refractivity contribution in [3.05, 3.63) is 35.7 Å². The number of aliphatic hydroxyl groups is 1. The monoisotopic (exact) mass is 233 g/mol. The number of hydrogen-bond donors (Lipinski definition) is 2. The van der Waals surface area contributed by atoms with Gasteiger partial charge in [0.25, 0.3) is 0 Å². The fraction of sp³-hybridized carbons (Fsp3) is 0.333. The predicted molar refractivity (Wildman–Crippen MR) is 63.0 cm³/mol. The number of aliphatic hydroxyl groups excluding tert-OH is 1. The molecule has 0 radical (unpaired) electrons. The van der Waals surface area contributed by atoms with Crippen LogP contribution < -0.4 is 5.73 Å². The van der Waals surface area contributed by atoms with Crippen LogP contribution >= 0.6 is 0 Å². The topological polar surface area (TPSA) is 85.2 Å². The Bertz CT molecular complexity index is 465. The minimum absolute atomic E-state index is 0.215. The van der Waals surface area contributed by atoms with E-state index in [4.69, 9.17) is 15.4 Å². The second kappa shape index (κ2) is 5.56. The number of nitrogens with zero attached hydrogens (tertiary/aromatic N) is 2. The van der Waals surface area contributed by atoms with Gasteiger partial charge in [-0.25, -0.2) is 0 Å². The van der Waals surface area contributed by atoms with Crippen molar-refractivity contribution in [1.82, 2.24) is 10.1 Å². The third kappa shape index (κ3) is 2.89. The fourth-order valence-corrected chi connectivity index (χ4v) is 1.56. The van der Waals surface area contributed by atoms with Gasteiger partial charge >= 0.3 is 0 Å². The Morgan fingerprint density at radius 2 is 2.00 bits per heavy atom. The summed E-state index contributed by atoms with van der Waals surface area (Å²) in [6, 6.07) is 7.89. The van der Waals surface area contributed by atoms with Crippen molar-refractivity contribution in [2.45, 2.75) is 19.4 Å². The summed E-state index contributed by atoms with van der Waals surface area (Å²) in [5, 5.41) is 12.6. The summed E-state index contributed by atoms with van der Waals surface area (Å²) in [6.45, 7) is 0.466. The predicted octanol–water partition coefficient (Wildman–Crippen LogP) is 1.12. The molecule has 0 fully saturated rings. The molecule has 2 rings (SSSR count). The van der Waals surface area contributed by atoms with Gasteiger partial charge in [-0.15, -0.1) is 0 Å². The minimum atomic E-state index is 0.215. The highest BCUT2D eigenvalue weighted by molar-refractivity contribution is 5.54. The zero-order valence-corrected chi connectivity index (χ0v) is 9.47. The molecule has 1 heterocycles. The molecule has 17 heavy (non-hydrogen) atoms. The molecular weight excluding hydrogens is 218 g/mol. The Balaban J connectivity index is 2.11. The summed E-state index contributed by atoms with van der Waals surface area (Å²) in [4.78, 5) is 4.15. The maximum atomic E-state index is 8.75. The van der Waals surface area contributed by atoms with Gasteiger partial charge in [0.1, 0.15) is 0 Å². The molecule has 0 aliphatic heterocycles. The van der Waals surface area contributed by atoms with E-state index in [1.165, 1.54) is 5.56 Å². The molecule has 0 unspecified atom stereocenters. The summed E-state index contributed by atoms with van der Waals surface area (Å²) in [6.07, 6.45) is 1.65. The standard InChI is InChI=1S/C12H15N3O2/c13-8-11-14-12(15-17-11)10-5-3-9(4-6-10)2-1-7-16/h3-6,16H,1-2,7-8,13H2. The first-order valence-electron chi connectivity index (χ1n) is 5.56. The summed E-state index contributed by atoms with van der Waals surface area (Å²) in [5.41, 5.74) is 7.49. The van der Waals surface area contributed by atoms with Gasteiger partial charge in [0, 0.05) is 12.2 Å². The van der Waals surface area contributed by atoms with Gasteiger partial charge < -0.3 is 15.4 Å². The zero-order valence-electron chi connectivity index (χ0n) is 9.47. The molecule has 5 heteroatoms. The van der Waals surface area contributed by atoms with Gasteiger partial charge in [0.15, 0.2) is 0 Å². The molecule has 5 nitrogen and oxygen atoms in total. The molecule has 3 N–H and O–H groups in total. The largest absolute Gasteiger partial charge is 0.396 e. The van der Waals surface area contributed by atoms with E-state index >= 15 is 0 Å². The van der Waals surface area contributed by atoms with Gasteiger partial charge in [-0.1, -0.05) is 29.4 Å². The Labute approximate surface area is 99.3 Å². The van der Waals surface area contributed by atoms with E-state index in [0.29, 0.717) is 11.7 Å². The third-order valence-electron chi connectivity index (χ3n) is 2.48. The maximum absolute atomic E-state index is 8.75. The van der Waals surface area contributed by atoms with E-state index in [2.05, 4.69) is 10.1 Å². The number of hydrogen-bond acceptors (Lipinski definition) is 5. The SMILES string of the molecule is NCc1nc(-c2ccc(CCCO)cc2)no1. The van der Waals surface area contributed by atoms with Crippen molar-refractivity contribution < 1.29 is 9.63 Å². The molecule has 90 valence electrons. The van der Waals surface area contributed by atoms with Crippen LogP contribution in [0.25, 0.3) is 11.4 Å². The molecule has 1 aromatic heterocycles. The second-order valence-electron chi connectivity index (χ2n) is 3.74. The van der Waals surface area contributed by atoms with Crippen LogP contribution in [0.2, 0.25) is 0 Å². The molecule has 0 aliphatic carbocycles. The lowest BCUT2D eigenvalue weighted by Crippen LogP contribution is -1.95. The molecule has 0 spiro atoms. The smallest absolute Gasteiger partial charge is 0.240 e. The Morgan fingerprint density at radius 3 is 2.59 bits per heavy atom. The molecular formula is C12H15N3O2. The molecule has 0 amide bonds. The third-order valence-corrected chi connectivity index (χ3v) is 2.48. The zero-order chi connectivity index (χ0) is 12.1. The van der Waals surface area contributed by atoms with E-state index in [0.717, 1.165) is 18.4 Å². The molecule has 0 saturated carbocycles. The fourth-order valence-electron chi connectivity index (χ4n) is 1.56. The first-order valence-corrected chi connectivity index (χ1v) is 5.56. The summed E-state index contributed by atoms with van der Waals surface area (Å²) >= 11 is 0. The number of aryl methyl sites for hydroxylation is 1. The van der Waals surface area contributed by atoms with Crippen LogP contribution in [0.1, 0.15) is 17.9 Å². The van der Waals surface area contributed by atoms with Crippen molar-refractivity contribution in [2.24, 2.45) is 5.73 Å². The molecule has 0 aliphatic rings. The van der Waals surface area contributed by atoms with Gasteiger partial charge in [-0.05, 0) is 18.4 Å². The van der Waals surface area contributed by atoms with Crippen molar-refractivity contribution >= 4 is 0 Å². The van der Waals surface area contributed by atoms with E-state index in [9.17, 15) is 0 Å². The number of aromatic nitrogens is 2. The lowest BCUT2D eigenvalue weighted by atomic mass is 10.1. The van der Waals surface area contributed by atoms with E-state index in [-0.39, 0.29) is 13.2 Å². The molecule has 1 aromatic carbocycles. The summed E-state index contributed by atoms with van der Waals surface area (Å²) in [7, 11) is 0. The van der Waals surface area contributed by atoms with Crippen LogP contribution in [0, 0.1) is 0 Å². The van der Waals surface area contributed by atoms with Crippen LogP contribution in [-0.2, 0) is 13.0 Å². The Hall–Kier alpha value is -1.72. The number of nitrogens with two attached hydrogens (primary N) is 1. The summed E-state index contributed by atoms with van der Waals surface area (Å²) < 4.78 is 4.94. The van der Waals surface area contributed by atoms with Crippen LogP contribution in [0.5, 0.6) is 0 Å². The van der Waals surface area contributed by atoms with Crippen LogP contribution in [0.15, 0.2) is 28.8 Å². The van der Waals surface area contributed by atoms with Gasteiger partial charge in [-0.2, -0.15) is 4.98 Å². The maximum Gasteiger partial charge on any atom is 0.240 e. The van der Waals surface area contributed by atoms with E-state index < -0.39 is 0 Å². The van der Waals surface area contributed by atoms with Crippen LogP contribution in [0.3, 0.4) is 0 Å². The highest BCUT2D eigenvalue weighted by Gasteiger charge is 2.06. The first-order chi connectivity index (χ1) is 8.33. The lowest BCUT2D eigenvalue weighted by molar-refractivity contribution is 0.288. The van der Waals surface area contributed by atoms with Crippen molar-refractivity contribution in [3.8, 4) is 11.4 Å². The number of rotatable bonds is 5. The second-order valence-corrected chi connectivity index (χ2v) is 3.74. The Kier molecular flexibility index (Phi) is 3.85. The van der Waals surface area contributed by atoms with E-state index in [1.54, 1.807) is 0 Å². The highest BCUT2D eigenvalue weighted by atomic mass is 16.5. The highest BCUT2D eigenvalue weighted by Crippen LogP contribution is 2.17. The van der Waals surface area contributed by atoms with Gasteiger partial charge in [-0.3, -0.25) is 0 Å². The van der Waals surface area contributed by atoms with Crippen molar-refractivity contribution in [3.63, 3.8) is 0 Å². The Morgan fingerprint density at radius 1 is 1.24 bits per heavy atom. The molecule has 0 bridgehead atoms. The van der Waals surface area contributed by atoms with Crippen molar-refractivity contribution in [2.75, 3.05) is 6.61 Å². The quantitative estimate of drug-likeness (QED) is 0.808. The average Bonchev–Trinajstić information content (AvgIpc) is 2.86. The lowest BCUT2D eigenvalue weighted by Gasteiger charge is -2.00. The normalized spacial score (nSPS) is 10.7. The van der Waals surface area contributed by atoms with Crippen LogP contribution in [0.4, 0.5) is 0 Å². The first kappa shape index (κ1) is 11.8. The van der Waals surface area contributed by atoms with Gasteiger partial charge in [0.2, 0.25) is 11.7 Å². The number of benzene rings is 1. The van der Waals surface area contributed by atoms with E-state index in [1.807, 2.05) is 24.3 Å². The molecule has 0 atom stereocenters. The molecule has 2 aromatic rings. The average molecular weight is 233 g/mol. The van der Waals surface area contributed by atoms with Gasteiger partial charge in [0.05, 0.1) is 6.54 Å². The van der Waals surface area contributed by atoms with Crippen LogP contribution in [-0.4, -0.2) is 21.9 Å². The summed E-state index contributed by atoms with van der Waals surface area (Å²) in [5.74, 6) is 0.989. The molecule has 0 saturated heterocycles. The van der Waals surface area contributed by atoms with Crippen molar-refractivity contribution in [1.29, 1.82) is 0 Å². The minimum Gasteiger partial charge on any atom is -0.396 e.